The van der Waals surface area contributed by atoms with Gasteiger partial charge in [-0.15, -0.1) is 0 Å². The van der Waals surface area contributed by atoms with E-state index >= 15 is 0 Å². The summed E-state index contributed by atoms with van der Waals surface area (Å²) in [5, 5.41) is 3.18. The van der Waals surface area contributed by atoms with Gasteiger partial charge in [0.15, 0.2) is 0 Å². The summed E-state index contributed by atoms with van der Waals surface area (Å²) < 4.78 is 0. The second-order valence-corrected chi connectivity index (χ2v) is 5.81. The van der Waals surface area contributed by atoms with Gasteiger partial charge in [-0.05, 0) is 51.9 Å². The maximum atomic E-state index is 11.7. The van der Waals surface area contributed by atoms with E-state index in [2.05, 4.69) is 19.2 Å². The Kier molecular flexibility index (Phi) is 4.78. The molecule has 0 aromatic rings. The molecule has 0 spiro atoms. The first-order valence-corrected chi connectivity index (χ1v) is 6.48. The minimum Gasteiger partial charge on any atom is -0.351 e. The van der Waals surface area contributed by atoms with Crippen LogP contribution in [0.2, 0.25) is 0 Å². The van der Waals surface area contributed by atoms with Gasteiger partial charge in [0, 0.05) is 18.0 Å². The van der Waals surface area contributed by atoms with Gasteiger partial charge < -0.3 is 11.1 Å². The van der Waals surface area contributed by atoms with Crippen molar-refractivity contribution >= 4 is 5.91 Å². The maximum absolute atomic E-state index is 11.7. The molecule has 1 rings (SSSR count). The molecule has 0 saturated heterocycles. The quantitative estimate of drug-likeness (QED) is 0.772. The topological polar surface area (TPSA) is 55.1 Å². The highest BCUT2D eigenvalue weighted by Gasteiger charge is 2.30. The largest absolute Gasteiger partial charge is 0.351 e. The van der Waals surface area contributed by atoms with Gasteiger partial charge in [0.2, 0.25) is 5.91 Å². The molecule has 3 heteroatoms. The monoisotopic (exact) mass is 226 g/mol. The highest BCUT2D eigenvalue weighted by Crippen LogP contribution is 2.31. The lowest BCUT2D eigenvalue weighted by Crippen LogP contribution is -2.48. The molecule has 16 heavy (non-hydrogen) atoms. The first-order valence-electron chi connectivity index (χ1n) is 6.48. The molecule has 0 bridgehead atoms. The zero-order valence-electron chi connectivity index (χ0n) is 10.9. The smallest absolute Gasteiger partial charge is 0.220 e. The summed E-state index contributed by atoms with van der Waals surface area (Å²) >= 11 is 0. The molecule has 1 unspecified atom stereocenters. The fraction of sp³-hybridized carbons (Fsp3) is 0.923. The van der Waals surface area contributed by atoms with Crippen LogP contribution in [0.25, 0.3) is 0 Å². The average molecular weight is 226 g/mol. The molecular formula is C13H26N2O. The van der Waals surface area contributed by atoms with Crippen LogP contribution in [0.1, 0.15) is 59.3 Å². The normalized spacial score (nSPS) is 32.1. The van der Waals surface area contributed by atoms with E-state index in [1.54, 1.807) is 0 Å². The van der Waals surface area contributed by atoms with Crippen molar-refractivity contribution in [1.82, 2.24) is 5.32 Å². The number of hydrogen-bond donors (Lipinski definition) is 2. The Morgan fingerprint density at radius 1 is 1.50 bits per heavy atom. The molecule has 0 heterocycles. The highest BCUT2D eigenvalue weighted by atomic mass is 16.1. The standard InChI is InChI=1S/C13H26N2O/c1-10-6-8-13(3,9-7-10)15-12(16)5-4-11(2)14/h10-11H,4-9,14H2,1-3H3,(H,15,16). The molecule has 1 aliphatic carbocycles. The summed E-state index contributed by atoms with van der Waals surface area (Å²) in [4.78, 5) is 11.7. The van der Waals surface area contributed by atoms with E-state index in [0.29, 0.717) is 6.42 Å². The van der Waals surface area contributed by atoms with Gasteiger partial charge >= 0.3 is 0 Å². The van der Waals surface area contributed by atoms with Crippen molar-refractivity contribution in [2.75, 3.05) is 0 Å². The Labute approximate surface area is 99.2 Å². The number of carbonyl (C=O) groups excluding carboxylic acids is 1. The summed E-state index contributed by atoms with van der Waals surface area (Å²) in [6.07, 6.45) is 6.01. The fourth-order valence-electron chi connectivity index (χ4n) is 2.28. The van der Waals surface area contributed by atoms with Crippen molar-refractivity contribution in [3.63, 3.8) is 0 Å². The van der Waals surface area contributed by atoms with Gasteiger partial charge in [-0.1, -0.05) is 6.92 Å². The summed E-state index contributed by atoms with van der Waals surface area (Å²) in [6, 6.07) is 0.116. The van der Waals surface area contributed by atoms with Gasteiger partial charge in [-0.3, -0.25) is 4.79 Å². The van der Waals surface area contributed by atoms with Gasteiger partial charge in [0.1, 0.15) is 0 Å². The van der Waals surface area contributed by atoms with Gasteiger partial charge in [0.05, 0.1) is 0 Å². The van der Waals surface area contributed by atoms with Gasteiger partial charge in [0.25, 0.3) is 0 Å². The number of hydrogen-bond acceptors (Lipinski definition) is 2. The molecular weight excluding hydrogens is 200 g/mol. The van der Waals surface area contributed by atoms with E-state index in [1.807, 2.05) is 6.92 Å². The zero-order chi connectivity index (χ0) is 12.2. The second kappa shape index (κ2) is 5.67. The fourth-order valence-corrected chi connectivity index (χ4v) is 2.28. The molecule has 0 aliphatic heterocycles. The number of carbonyl (C=O) groups is 1. The lowest BCUT2D eigenvalue weighted by atomic mass is 9.78. The second-order valence-electron chi connectivity index (χ2n) is 5.81. The Hall–Kier alpha value is -0.570. The van der Waals surface area contributed by atoms with Crippen LogP contribution in [0, 0.1) is 5.92 Å². The SMILES string of the molecule is CC(N)CCC(=O)NC1(C)CCC(C)CC1. The van der Waals surface area contributed by atoms with Crippen LogP contribution in [0.3, 0.4) is 0 Å². The van der Waals surface area contributed by atoms with Crippen molar-refractivity contribution in [3.8, 4) is 0 Å². The number of nitrogens with two attached hydrogens (primary N) is 1. The third-order valence-corrected chi connectivity index (χ3v) is 3.65. The van der Waals surface area contributed by atoms with E-state index in [0.717, 1.165) is 25.2 Å². The number of rotatable bonds is 4. The molecule has 94 valence electrons. The van der Waals surface area contributed by atoms with Crippen molar-refractivity contribution < 1.29 is 4.79 Å². The van der Waals surface area contributed by atoms with E-state index < -0.39 is 0 Å². The average Bonchev–Trinajstić information content (AvgIpc) is 2.20. The molecule has 0 radical (unpaired) electrons. The molecule has 1 saturated carbocycles. The van der Waals surface area contributed by atoms with Crippen LogP contribution in [-0.4, -0.2) is 17.5 Å². The predicted molar refractivity (Wildman–Crippen MR) is 67.1 cm³/mol. The van der Waals surface area contributed by atoms with Crippen molar-refractivity contribution in [2.45, 2.75) is 70.9 Å². The predicted octanol–water partition coefficient (Wildman–Crippen LogP) is 2.20. The molecule has 1 amide bonds. The summed E-state index contributed by atoms with van der Waals surface area (Å²) in [5.74, 6) is 0.975. The zero-order valence-corrected chi connectivity index (χ0v) is 10.9. The van der Waals surface area contributed by atoms with Crippen LogP contribution in [-0.2, 0) is 4.79 Å². The van der Waals surface area contributed by atoms with Crippen LogP contribution in [0.15, 0.2) is 0 Å². The van der Waals surface area contributed by atoms with Crippen LogP contribution >= 0.6 is 0 Å². The Balaban J connectivity index is 2.32. The Morgan fingerprint density at radius 2 is 2.06 bits per heavy atom. The van der Waals surface area contributed by atoms with E-state index in [9.17, 15) is 4.79 Å². The Morgan fingerprint density at radius 3 is 2.56 bits per heavy atom. The van der Waals surface area contributed by atoms with Gasteiger partial charge in [-0.25, -0.2) is 0 Å². The van der Waals surface area contributed by atoms with Crippen molar-refractivity contribution in [1.29, 1.82) is 0 Å². The van der Waals surface area contributed by atoms with Crippen LogP contribution in [0.4, 0.5) is 0 Å². The molecule has 3 N–H and O–H groups in total. The van der Waals surface area contributed by atoms with Crippen LogP contribution < -0.4 is 11.1 Å². The van der Waals surface area contributed by atoms with Gasteiger partial charge in [-0.2, -0.15) is 0 Å². The lowest BCUT2D eigenvalue weighted by molar-refractivity contribution is -0.123. The minimum absolute atomic E-state index is 0.0292. The van der Waals surface area contributed by atoms with Crippen molar-refractivity contribution in [3.05, 3.63) is 0 Å². The third-order valence-electron chi connectivity index (χ3n) is 3.65. The van der Waals surface area contributed by atoms with Crippen LogP contribution in [0.5, 0.6) is 0 Å². The maximum Gasteiger partial charge on any atom is 0.220 e. The highest BCUT2D eigenvalue weighted by molar-refractivity contribution is 5.76. The van der Waals surface area contributed by atoms with E-state index in [4.69, 9.17) is 5.73 Å². The molecule has 0 aromatic carbocycles. The minimum atomic E-state index is 0.0292. The molecule has 0 aromatic heterocycles. The summed E-state index contributed by atoms with van der Waals surface area (Å²) in [6.45, 7) is 6.40. The Bertz CT molecular complexity index is 230. The van der Waals surface area contributed by atoms with Crippen molar-refractivity contribution in [2.24, 2.45) is 11.7 Å². The summed E-state index contributed by atoms with van der Waals surface area (Å²) in [7, 11) is 0. The van der Waals surface area contributed by atoms with E-state index in [-0.39, 0.29) is 17.5 Å². The molecule has 1 atom stereocenters. The number of amides is 1. The first kappa shape index (κ1) is 13.5. The first-order chi connectivity index (χ1) is 7.41. The molecule has 1 fully saturated rings. The number of nitrogens with one attached hydrogen (secondary N) is 1. The third kappa shape index (κ3) is 4.52. The molecule has 1 aliphatic rings. The molecule has 3 nitrogen and oxygen atoms in total. The summed E-state index contributed by atoms with van der Waals surface area (Å²) in [5.41, 5.74) is 5.67. The lowest BCUT2D eigenvalue weighted by Gasteiger charge is -2.37. The van der Waals surface area contributed by atoms with E-state index in [1.165, 1.54) is 12.8 Å².